The van der Waals surface area contributed by atoms with E-state index >= 15 is 0 Å². The number of anilines is 2. The average molecular weight is 465 g/mol. The molecule has 3 amide bonds. The van der Waals surface area contributed by atoms with Crippen LogP contribution in [0.15, 0.2) is 0 Å². The first-order valence-corrected chi connectivity index (χ1v) is 12.6. The van der Waals surface area contributed by atoms with Crippen LogP contribution in [0, 0.1) is 11.8 Å². The molecule has 0 unspecified atom stereocenters. The van der Waals surface area contributed by atoms with E-state index in [2.05, 4.69) is 24.2 Å². The fourth-order valence-electron chi connectivity index (χ4n) is 5.08. The van der Waals surface area contributed by atoms with Crippen LogP contribution in [-0.4, -0.2) is 80.0 Å². The molecule has 1 aliphatic heterocycles. The second-order valence-corrected chi connectivity index (χ2v) is 10.8. The van der Waals surface area contributed by atoms with Gasteiger partial charge in [0.05, 0.1) is 11.6 Å². The lowest BCUT2D eigenvalue weighted by molar-refractivity contribution is -0.136. The van der Waals surface area contributed by atoms with Gasteiger partial charge in [0.15, 0.2) is 0 Å². The number of nitrogens with one attached hydrogen (secondary N) is 1. The van der Waals surface area contributed by atoms with Gasteiger partial charge in [0.1, 0.15) is 5.00 Å². The zero-order valence-electron chi connectivity index (χ0n) is 20.0. The Labute approximate surface area is 196 Å². The molecule has 0 aromatic carbocycles. The quantitative estimate of drug-likeness (QED) is 0.509. The van der Waals surface area contributed by atoms with E-state index in [9.17, 15) is 9.59 Å². The van der Waals surface area contributed by atoms with Gasteiger partial charge in [-0.05, 0) is 58.3 Å². The first-order valence-electron chi connectivity index (χ1n) is 11.8. The average Bonchev–Trinajstić information content (AvgIpc) is 3.02. The number of likely N-dealkylation sites (N-methyl/N-ethyl adjacent to an activating group) is 2. The van der Waals surface area contributed by atoms with Crippen LogP contribution >= 0.6 is 11.3 Å². The molecule has 2 heterocycles. The van der Waals surface area contributed by atoms with E-state index in [0.29, 0.717) is 36.6 Å². The maximum Gasteiger partial charge on any atom is 0.324 e. The predicted molar refractivity (Wildman–Crippen MR) is 132 cm³/mol. The number of carbonyl (C=O) groups is 2. The molecule has 0 saturated carbocycles. The minimum Gasteiger partial charge on any atom is -0.396 e. The van der Waals surface area contributed by atoms with Gasteiger partial charge < -0.3 is 26.6 Å². The number of imide groups is 1. The van der Waals surface area contributed by atoms with E-state index in [-0.39, 0.29) is 17.9 Å². The number of rotatable bonds is 8. The molecule has 32 heavy (non-hydrogen) atoms. The number of likely N-dealkylation sites (tertiary alicyclic amines) is 1. The number of carbonyl (C=O) groups excluding carboxylic acids is 2. The Bertz CT molecular complexity index is 811. The number of amides is 3. The molecule has 1 fully saturated rings. The third-order valence-electron chi connectivity index (χ3n) is 6.91. The standard InChI is InChI=1S/C23H40N6O2S/c1-5-6-7-9-29(23(31)26-8-10-27(2)3)22(30)16-11-15-12-17-19(32-21(25)20(17)24)13-18(15)28(4)14-16/h15-16,18H,5-14,24-25H2,1-4H3,(H,26,31)/t15-,16-,18-/m1/s1. The predicted octanol–water partition coefficient (Wildman–Crippen LogP) is 2.24. The molecule has 2 aliphatic rings. The van der Waals surface area contributed by atoms with E-state index in [4.69, 9.17) is 11.5 Å². The molecule has 5 N–H and O–H groups in total. The Morgan fingerprint density at radius 2 is 1.94 bits per heavy atom. The van der Waals surface area contributed by atoms with Gasteiger partial charge in [-0.2, -0.15) is 0 Å². The topological polar surface area (TPSA) is 108 Å². The highest BCUT2D eigenvalue weighted by Gasteiger charge is 2.42. The third kappa shape index (κ3) is 5.55. The van der Waals surface area contributed by atoms with E-state index in [1.165, 1.54) is 15.3 Å². The van der Waals surface area contributed by atoms with Crippen molar-refractivity contribution < 1.29 is 9.59 Å². The smallest absolute Gasteiger partial charge is 0.324 e. The lowest BCUT2D eigenvalue weighted by atomic mass is 9.74. The Kier molecular flexibility index (Phi) is 8.41. The molecule has 3 atom stereocenters. The van der Waals surface area contributed by atoms with Crippen molar-refractivity contribution in [2.45, 2.75) is 51.5 Å². The Morgan fingerprint density at radius 1 is 1.19 bits per heavy atom. The Balaban J connectivity index is 1.70. The maximum atomic E-state index is 13.6. The Morgan fingerprint density at radius 3 is 2.62 bits per heavy atom. The first-order chi connectivity index (χ1) is 15.2. The fourth-order valence-corrected chi connectivity index (χ4v) is 6.15. The summed E-state index contributed by atoms with van der Waals surface area (Å²) in [5, 5.41) is 3.64. The van der Waals surface area contributed by atoms with Gasteiger partial charge in [-0.1, -0.05) is 19.8 Å². The van der Waals surface area contributed by atoms with Gasteiger partial charge >= 0.3 is 6.03 Å². The molecule has 9 heteroatoms. The van der Waals surface area contributed by atoms with Gasteiger partial charge in [-0.3, -0.25) is 9.69 Å². The van der Waals surface area contributed by atoms with E-state index in [0.717, 1.165) is 50.8 Å². The van der Waals surface area contributed by atoms with Crippen molar-refractivity contribution in [3.8, 4) is 0 Å². The molecule has 0 spiro atoms. The summed E-state index contributed by atoms with van der Waals surface area (Å²) in [5.74, 6) is 0.124. The van der Waals surface area contributed by atoms with E-state index in [1.807, 2.05) is 19.0 Å². The van der Waals surface area contributed by atoms with Crippen LogP contribution in [0.5, 0.6) is 0 Å². The molecule has 8 nitrogen and oxygen atoms in total. The number of hydrogen-bond acceptors (Lipinski definition) is 7. The van der Waals surface area contributed by atoms with Crippen molar-refractivity contribution in [1.82, 2.24) is 20.0 Å². The first kappa shape index (κ1) is 24.8. The maximum absolute atomic E-state index is 13.6. The van der Waals surface area contributed by atoms with Crippen molar-refractivity contribution in [2.75, 3.05) is 58.8 Å². The minimum atomic E-state index is -0.265. The number of fused-ring (bicyclic) bond motifs is 2. The number of nitrogens with zero attached hydrogens (tertiary/aromatic N) is 3. The number of urea groups is 1. The van der Waals surface area contributed by atoms with Crippen molar-refractivity contribution in [1.29, 1.82) is 0 Å². The monoisotopic (exact) mass is 464 g/mol. The van der Waals surface area contributed by atoms with Crippen LogP contribution < -0.4 is 16.8 Å². The molecule has 0 radical (unpaired) electrons. The third-order valence-corrected chi connectivity index (χ3v) is 8.01. The Hall–Kier alpha value is -1.84. The summed E-state index contributed by atoms with van der Waals surface area (Å²) in [6.07, 6.45) is 5.48. The number of unbranched alkanes of at least 4 members (excludes halogenated alkanes) is 2. The summed E-state index contributed by atoms with van der Waals surface area (Å²) in [6.45, 7) is 4.56. The zero-order chi connectivity index (χ0) is 23.4. The van der Waals surface area contributed by atoms with Crippen LogP contribution in [0.1, 0.15) is 43.0 Å². The second-order valence-electron chi connectivity index (χ2n) is 9.62. The van der Waals surface area contributed by atoms with Crippen molar-refractivity contribution >= 4 is 34.0 Å². The number of thiophene rings is 1. The van der Waals surface area contributed by atoms with Crippen molar-refractivity contribution in [3.05, 3.63) is 10.4 Å². The molecular weight excluding hydrogens is 424 g/mol. The van der Waals surface area contributed by atoms with Crippen LogP contribution in [-0.2, 0) is 17.6 Å². The van der Waals surface area contributed by atoms with Gasteiger partial charge in [-0.15, -0.1) is 11.3 Å². The SMILES string of the molecule is CCCCCN(C(=O)NCCN(C)C)C(=O)[C@@H]1C[C@@H]2Cc3c(sc(N)c3N)C[C@H]2N(C)C1. The molecular formula is C23H40N6O2S. The van der Waals surface area contributed by atoms with Crippen LogP contribution in [0.3, 0.4) is 0 Å². The molecule has 1 saturated heterocycles. The molecule has 1 aromatic rings. The van der Waals surface area contributed by atoms with E-state index in [1.54, 1.807) is 11.3 Å². The molecule has 1 aliphatic carbocycles. The lowest BCUT2D eigenvalue weighted by Crippen LogP contribution is -2.55. The molecule has 3 rings (SSSR count). The minimum absolute atomic E-state index is 0.0441. The van der Waals surface area contributed by atoms with Crippen molar-refractivity contribution in [3.63, 3.8) is 0 Å². The second kappa shape index (κ2) is 10.9. The molecule has 1 aromatic heterocycles. The van der Waals surface area contributed by atoms with Crippen molar-refractivity contribution in [2.24, 2.45) is 11.8 Å². The zero-order valence-corrected chi connectivity index (χ0v) is 20.8. The van der Waals surface area contributed by atoms with Gasteiger partial charge in [0.25, 0.3) is 0 Å². The highest BCUT2D eigenvalue weighted by molar-refractivity contribution is 7.16. The fraction of sp³-hybridized carbons (Fsp3) is 0.739. The summed E-state index contributed by atoms with van der Waals surface area (Å²) in [4.78, 5) is 33.5. The molecule has 0 bridgehead atoms. The van der Waals surface area contributed by atoms with Gasteiger partial charge in [0.2, 0.25) is 5.91 Å². The summed E-state index contributed by atoms with van der Waals surface area (Å²) >= 11 is 1.61. The summed E-state index contributed by atoms with van der Waals surface area (Å²) < 4.78 is 0. The highest BCUT2D eigenvalue weighted by atomic mass is 32.1. The van der Waals surface area contributed by atoms with Gasteiger partial charge in [0, 0.05) is 37.1 Å². The number of nitrogen functional groups attached to an aromatic ring is 2. The van der Waals surface area contributed by atoms with Gasteiger partial charge in [-0.25, -0.2) is 4.79 Å². The summed E-state index contributed by atoms with van der Waals surface area (Å²) in [5.41, 5.74) is 14.2. The highest BCUT2D eigenvalue weighted by Crippen LogP contribution is 2.44. The van der Waals surface area contributed by atoms with E-state index < -0.39 is 0 Å². The molecule has 180 valence electrons. The lowest BCUT2D eigenvalue weighted by Gasteiger charge is -2.45. The van der Waals surface area contributed by atoms with Crippen LogP contribution in [0.25, 0.3) is 0 Å². The summed E-state index contributed by atoms with van der Waals surface area (Å²) in [6, 6.07) is 0.130. The normalized spacial score (nSPS) is 23.0. The van der Waals surface area contributed by atoms with Crippen LogP contribution in [0.4, 0.5) is 15.5 Å². The number of nitrogens with two attached hydrogens (primary N) is 2. The number of hydrogen-bond donors (Lipinski definition) is 3. The summed E-state index contributed by atoms with van der Waals surface area (Å²) in [7, 11) is 6.03. The number of piperidine rings is 1. The van der Waals surface area contributed by atoms with Crippen LogP contribution in [0.2, 0.25) is 0 Å². The largest absolute Gasteiger partial charge is 0.396 e.